The second-order valence-corrected chi connectivity index (χ2v) is 12.0. The van der Waals surface area contributed by atoms with Gasteiger partial charge in [0.05, 0.1) is 11.0 Å². The summed E-state index contributed by atoms with van der Waals surface area (Å²) in [5.74, 6) is 1.56. The number of aryl methyl sites for hydroxylation is 1. The SMILES string of the molecule is Cc1nnc2n1-c1sc3c(c1C(c1ccccc1Cl)=NC2)CCN(S(=O)(=O)C(C)C)C3. The predicted molar refractivity (Wildman–Crippen MR) is 123 cm³/mol. The minimum atomic E-state index is -3.32. The third kappa shape index (κ3) is 3.26. The fourth-order valence-corrected chi connectivity index (χ4v) is 7.15. The summed E-state index contributed by atoms with van der Waals surface area (Å²) < 4.78 is 29.2. The first-order chi connectivity index (χ1) is 14.8. The van der Waals surface area contributed by atoms with E-state index in [1.807, 2.05) is 35.8 Å². The molecule has 2 aromatic heterocycles. The monoisotopic (exact) mass is 475 g/mol. The minimum Gasteiger partial charge on any atom is -0.276 e. The lowest BCUT2D eigenvalue weighted by atomic mass is 9.96. The Morgan fingerprint density at radius 2 is 1.97 bits per heavy atom. The van der Waals surface area contributed by atoms with Crippen molar-refractivity contribution < 1.29 is 8.42 Å². The van der Waals surface area contributed by atoms with Crippen LogP contribution in [-0.4, -0.2) is 45.0 Å². The van der Waals surface area contributed by atoms with Crippen molar-refractivity contribution in [3.8, 4) is 5.00 Å². The highest BCUT2D eigenvalue weighted by atomic mass is 35.5. The quantitative estimate of drug-likeness (QED) is 0.578. The van der Waals surface area contributed by atoms with Gasteiger partial charge in [-0.1, -0.05) is 29.8 Å². The van der Waals surface area contributed by atoms with Gasteiger partial charge in [0.25, 0.3) is 0 Å². The number of aliphatic imine (C=N–C) groups is 1. The number of aromatic nitrogens is 3. The van der Waals surface area contributed by atoms with Gasteiger partial charge in [-0.2, -0.15) is 4.31 Å². The predicted octanol–water partition coefficient (Wildman–Crippen LogP) is 3.74. The van der Waals surface area contributed by atoms with Gasteiger partial charge < -0.3 is 0 Å². The molecule has 31 heavy (non-hydrogen) atoms. The number of fused-ring (bicyclic) bond motifs is 5. The van der Waals surface area contributed by atoms with Gasteiger partial charge in [0, 0.05) is 34.1 Å². The standard InChI is InChI=1S/C21H22ClN5O2S2/c1-12(2)31(28,29)26-9-8-15-17(11-26)30-21-19(15)20(14-6-4-5-7-16(14)22)23-10-18-25-24-13(3)27(18)21/h4-7,12H,8-11H2,1-3H3. The molecule has 0 N–H and O–H groups in total. The molecule has 0 saturated carbocycles. The first-order valence-corrected chi connectivity index (χ1v) is 12.8. The van der Waals surface area contributed by atoms with Crippen molar-refractivity contribution in [2.24, 2.45) is 4.99 Å². The Morgan fingerprint density at radius 3 is 2.71 bits per heavy atom. The summed E-state index contributed by atoms with van der Waals surface area (Å²) in [7, 11) is -3.32. The van der Waals surface area contributed by atoms with Crippen LogP contribution in [0.1, 0.15) is 47.1 Å². The van der Waals surface area contributed by atoms with Crippen molar-refractivity contribution in [3.63, 3.8) is 0 Å². The molecule has 2 aliphatic heterocycles. The van der Waals surface area contributed by atoms with Crippen LogP contribution < -0.4 is 0 Å². The number of rotatable bonds is 3. The highest BCUT2D eigenvalue weighted by Gasteiger charge is 2.35. The van der Waals surface area contributed by atoms with E-state index in [4.69, 9.17) is 16.6 Å². The molecule has 0 aliphatic carbocycles. The van der Waals surface area contributed by atoms with Crippen LogP contribution in [0.15, 0.2) is 29.3 Å². The molecule has 0 radical (unpaired) electrons. The zero-order valence-electron chi connectivity index (χ0n) is 17.5. The topological polar surface area (TPSA) is 80.5 Å². The maximum Gasteiger partial charge on any atom is 0.216 e. The lowest BCUT2D eigenvalue weighted by Gasteiger charge is -2.28. The lowest BCUT2D eigenvalue weighted by Crippen LogP contribution is -2.39. The van der Waals surface area contributed by atoms with Crippen molar-refractivity contribution >= 4 is 38.7 Å². The Bertz CT molecular complexity index is 1320. The first-order valence-electron chi connectivity index (χ1n) is 10.1. The molecule has 0 spiro atoms. The Kier molecular flexibility index (Phi) is 5.04. The molecule has 0 unspecified atom stereocenters. The van der Waals surface area contributed by atoms with E-state index in [1.165, 1.54) is 0 Å². The van der Waals surface area contributed by atoms with Crippen LogP contribution in [0.4, 0.5) is 0 Å². The van der Waals surface area contributed by atoms with Crippen LogP contribution >= 0.6 is 22.9 Å². The van der Waals surface area contributed by atoms with E-state index in [9.17, 15) is 8.42 Å². The maximum atomic E-state index is 12.8. The van der Waals surface area contributed by atoms with E-state index in [0.29, 0.717) is 31.1 Å². The van der Waals surface area contributed by atoms with Gasteiger partial charge in [-0.25, -0.2) is 8.42 Å². The molecule has 162 valence electrons. The number of sulfonamides is 1. The Labute approximate surface area is 190 Å². The Morgan fingerprint density at radius 1 is 1.19 bits per heavy atom. The van der Waals surface area contributed by atoms with Crippen LogP contribution in [0.2, 0.25) is 5.02 Å². The third-order valence-corrected chi connectivity index (χ3v) is 9.55. The van der Waals surface area contributed by atoms with Crippen LogP contribution in [0, 0.1) is 6.92 Å². The Balaban J connectivity index is 1.71. The van der Waals surface area contributed by atoms with Crippen molar-refractivity contribution in [2.75, 3.05) is 6.54 Å². The summed E-state index contributed by atoms with van der Waals surface area (Å²) in [6.45, 7) is 6.62. The molecule has 4 heterocycles. The molecule has 3 aromatic rings. The third-order valence-electron chi connectivity index (χ3n) is 5.80. The zero-order valence-corrected chi connectivity index (χ0v) is 19.9. The van der Waals surface area contributed by atoms with E-state index in [0.717, 1.165) is 43.9 Å². The van der Waals surface area contributed by atoms with Crippen LogP contribution in [0.3, 0.4) is 0 Å². The first kappa shape index (κ1) is 20.8. The van der Waals surface area contributed by atoms with Gasteiger partial charge in [-0.3, -0.25) is 9.56 Å². The molecule has 0 saturated heterocycles. The number of thiophene rings is 1. The summed E-state index contributed by atoms with van der Waals surface area (Å²) in [4.78, 5) is 5.95. The fraction of sp³-hybridized carbons (Fsp3) is 0.381. The number of nitrogens with zero attached hydrogens (tertiary/aromatic N) is 5. The van der Waals surface area contributed by atoms with E-state index in [2.05, 4.69) is 10.2 Å². The average molecular weight is 476 g/mol. The van der Waals surface area contributed by atoms with E-state index in [1.54, 1.807) is 29.5 Å². The summed E-state index contributed by atoms with van der Waals surface area (Å²) in [5, 5.41) is 9.76. The van der Waals surface area contributed by atoms with Crippen molar-refractivity contribution in [1.29, 1.82) is 0 Å². The van der Waals surface area contributed by atoms with Crippen molar-refractivity contribution in [3.05, 3.63) is 62.5 Å². The minimum absolute atomic E-state index is 0.375. The molecule has 0 fully saturated rings. The number of halogens is 1. The summed E-state index contributed by atoms with van der Waals surface area (Å²) in [6, 6.07) is 7.70. The smallest absolute Gasteiger partial charge is 0.216 e. The molecular formula is C21H22ClN5O2S2. The molecule has 0 amide bonds. The van der Waals surface area contributed by atoms with Gasteiger partial charge in [-0.05, 0) is 38.8 Å². The molecule has 1 aromatic carbocycles. The number of hydrogen-bond donors (Lipinski definition) is 0. The second-order valence-electron chi connectivity index (χ2n) is 8.00. The fourth-order valence-electron chi connectivity index (χ4n) is 4.16. The summed E-state index contributed by atoms with van der Waals surface area (Å²) >= 11 is 8.16. The van der Waals surface area contributed by atoms with E-state index in [-0.39, 0.29) is 0 Å². The maximum absolute atomic E-state index is 12.8. The summed E-state index contributed by atoms with van der Waals surface area (Å²) in [6.07, 6.45) is 0.632. The van der Waals surface area contributed by atoms with E-state index < -0.39 is 15.3 Å². The van der Waals surface area contributed by atoms with E-state index >= 15 is 0 Å². The highest BCUT2D eigenvalue weighted by Crippen LogP contribution is 2.41. The van der Waals surface area contributed by atoms with Crippen LogP contribution in [0.25, 0.3) is 5.00 Å². The normalized spacial score (nSPS) is 16.5. The second kappa shape index (κ2) is 7.51. The zero-order chi connectivity index (χ0) is 21.9. The average Bonchev–Trinajstić information content (AvgIpc) is 3.24. The lowest BCUT2D eigenvalue weighted by molar-refractivity contribution is 0.391. The van der Waals surface area contributed by atoms with Gasteiger partial charge in [0.2, 0.25) is 10.0 Å². The highest BCUT2D eigenvalue weighted by molar-refractivity contribution is 7.89. The molecule has 7 nitrogen and oxygen atoms in total. The molecule has 2 aliphatic rings. The summed E-state index contributed by atoms with van der Waals surface area (Å²) in [5.41, 5.74) is 3.88. The van der Waals surface area contributed by atoms with Gasteiger partial charge in [0.15, 0.2) is 5.82 Å². The van der Waals surface area contributed by atoms with Gasteiger partial charge >= 0.3 is 0 Å². The van der Waals surface area contributed by atoms with Crippen molar-refractivity contribution in [2.45, 2.75) is 45.5 Å². The molecule has 10 heteroatoms. The molecular weight excluding hydrogens is 454 g/mol. The van der Waals surface area contributed by atoms with Gasteiger partial charge in [0.1, 0.15) is 17.4 Å². The molecule has 0 bridgehead atoms. The van der Waals surface area contributed by atoms with Crippen LogP contribution in [0.5, 0.6) is 0 Å². The molecule has 5 rings (SSSR count). The van der Waals surface area contributed by atoms with Crippen molar-refractivity contribution in [1.82, 2.24) is 19.1 Å². The molecule has 0 atom stereocenters. The number of hydrogen-bond acceptors (Lipinski definition) is 6. The van der Waals surface area contributed by atoms with Gasteiger partial charge in [-0.15, -0.1) is 21.5 Å². The number of benzene rings is 1. The Hall–Kier alpha value is -2.07. The van der Waals surface area contributed by atoms with Crippen LogP contribution in [-0.2, 0) is 29.5 Å². The largest absolute Gasteiger partial charge is 0.276 e.